The third kappa shape index (κ3) is 4.23. The van der Waals surface area contributed by atoms with Crippen molar-refractivity contribution >= 4 is 5.97 Å². The van der Waals surface area contributed by atoms with Gasteiger partial charge in [-0.3, -0.25) is 4.68 Å². The van der Waals surface area contributed by atoms with Crippen LogP contribution in [0.1, 0.15) is 34.1 Å². The van der Waals surface area contributed by atoms with E-state index in [0.29, 0.717) is 12.2 Å². The molecule has 0 aliphatic carbocycles. The Kier molecular flexibility index (Phi) is 5.97. The van der Waals surface area contributed by atoms with Crippen LogP contribution in [0.4, 0.5) is 0 Å². The molecular weight excluding hydrogens is 252 g/mol. The summed E-state index contributed by atoms with van der Waals surface area (Å²) in [6, 6.07) is 8.36. The van der Waals surface area contributed by atoms with E-state index in [2.05, 4.69) is 43.2 Å². The first-order valence-electron chi connectivity index (χ1n) is 6.65. The maximum Gasteiger partial charge on any atom is 0.341 e. The first-order chi connectivity index (χ1) is 9.47. The highest BCUT2D eigenvalue weighted by Gasteiger charge is 2.12. The number of rotatable bonds is 2. The molecule has 2 aromatic rings. The van der Waals surface area contributed by atoms with Crippen molar-refractivity contribution in [1.82, 2.24) is 9.78 Å². The van der Waals surface area contributed by atoms with Gasteiger partial charge < -0.3 is 4.74 Å². The fourth-order valence-electron chi connectivity index (χ4n) is 1.57. The van der Waals surface area contributed by atoms with Crippen molar-refractivity contribution in [3.05, 3.63) is 52.8 Å². The number of carbonyl (C=O) groups excluding carboxylic acids is 1. The lowest BCUT2D eigenvalue weighted by Gasteiger charge is -1.99. The van der Waals surface area contributed by atoms with Gasteiger partial charge in [0.05, 0.1) is 12.8 Å². The lowest BCUT2D eigenvalue weighted by molar-refractivity contribution is 0.0525. The van der Waals surface area contributed by atoms with Crippen LogP contribution >= 0.6 is 0 Å². The van der Waals surface area contributed by atoms with Crippen molar-refractivity contribution in [3.8, 4) is 0 Å². The molecule has 1 aromatic carbocycles. The fourth-order valence-corrected chi connectivity index (χ4v) is 1.57. The zero-order valence-electron chi connectivity index (χ0n) is 12.8. The number of benzene rings is 1. The number of esters is 1. The number of ether oxygens (including phenoxy) is 1. The van der Waals surface area contributed by atoms with Gasteiger partial charge in [0.2, 0.25) is 0 Å². The molecule has 0 unspecified atom stereocenters. The molecule has 0 spiro atoms. The highest BCUT2D eigenvalue weighted by Crippen LogP contribution is 2.06. The number of carbonyl (C=O) groups is 1. The average Bonchev–Trinajstić information content (AvgIpc) is 2.75. The van der Waals surface area contributed by atoms with E-state index in [9.17, 15) is 4.79 Å². The average molecular weight is 274 g/mol. The minimum atomic E-state index is -0.303. The topological polar surface area (TPSA) is 44.1 Å². The second kappa shape index (κ2) is 7.48. The first-order valence-corrected chi connectivity index (χ1v) is 6.65. The van der Waals surface area contributed by atoms with Crippen LogP contribution in [0.15, 0.2) is 30.5 Å². The van der Waals surface area contributed by atoms with Gasteiger partial charge in [-0.2, -0.15) is 5.10 Å². The summed E-state index contributed by atoms with van der Waals surface area (Å²) in [5.41, 5.74) is 4.10. The van der Waals surface area contributed by atoms with Gasteiger partial charge in [-0.25, -0.2) is 4.79 Å². The van der Waals surface area contributed by atoms with Gasteiger partial charge in [0.25, 0.3) is 0 Å². The largest absolute Gasteiger partial charge is 0.462 e. The maximum atomic E-state index is 11.2. The zero-order chi connectivity index (χ0) is 15.1. The molecule has 0 saturated carbocycles. The lowest BCUT2D eigenvalue weighted by Crippen LogP contribution is -2.06. The second-order valence-corrected chi connectivity index (χ2v) is 4.57. The molecule has 0 atom stereocenters. The quantitative estimate of drug-likeness (QED) is 0.790. The Morgan fingerprint density at radius 2 is 1.75 bits per heavy atom. The van der Waals surface area contributed by atoms with Crippen molar-refractivity contribution < 1.29 is 9.53 Å². The molecule has 108 valence electrons. The summed E-state index contributed by atoms with van der Waals surface area (Å²) in [7, 11) is 1.79. The first kappa shape index (κ1) is 16.0. The standard InChI is InChI=1S/C8H12N2O2.C8H10/c1-4-12-8(11)7-5-9-10(3)6(7)2;1-7-5-3-4-6-8(7)2/h5H,4H2,1-3H3;3-6H,1-2H3. The van der Waals surface area contributed by atoms with Gasteiger partial charge in [-0.15, -0.1) is 0 Å². The Morgan fingerprint density at radius 3 is 2.10 bits per heavy atom. The van der Waals surface area contributed by atoms with Crippen LogP contribution in [0.3, 0.4) is 0 Å². The summed E-state index contributed by atoms with van der Waals surface area (Å²) >= 11 is 0. The summed E-state index contributed by atoms with van der Waals surface area (Å²) in [6.45, 7) is 8.25. The number of aryl methyl sites for hydroxylation is 3. The molecule has 20 heavy (non-hydrogen) atoms. The van der Waals surface area contributed by atoms with E-state index in [-0.39, 0.29) is 5.97 Å². The predicted molar refractivity (Wildman–Crippen MR) is 79.8 cm³/mol. The van der Waals surface area contributed by atoms with Gasteiger partial charge in [0.1, 0.15) is 5.56 Å². The molecule has 0 bridgehead atoms. The van der Waals surface area contributed by atoms with Crippen LogP contribution in [0.25, 0.3) is 0 Å². The monoisotopic (exact) mass is 274 g/mol. The number of hydrogen-bond donors (Lipinski definition) is 0. The van der Waals surface area contributed by atoms with E-state index < -0.39 is 0 Å². The third-order valence-corrected chi connectivity index (χ3v) is 3.16. The summed E-state index contributed by atoms with van der Waals surface area (Å²) in [5.74, 6) is -0.303. The Hall–Kier alpha value is -2.10. The smallest absolute Gasteiger partial charge is 0.341 e. The second-order valence-electron chi connectivity index (χ2n) is 4.57. The normalized spacial score (nSPS) is 9.65. The lowest BCUT2D eigenvalue weighted by atomic mass is 10.1. The molecule has 0 aliphatic heterocycles. The third-order valence-electron chi connectivity index (χ3n) is 3.16. The van der Waals surface area contributed by atoms with Crippen molar-refractivity contribution in [2.24, 2.45) is 7.05 Å². The minimum Gasteiger partial charge on any atom is -0.462 e. The van der Waals surface area contributed by atoms with E-state index >= 15 is 0 Å². The minimum absolute atomic E-state index is 0.303. The summed E-state index contributed by atoms with van der Waals surface area (Å²) in [6.07, 6.45) is 1.52. The summed E-state index contributed by atoms with van der Waals surface area (Å²) < 4.78 is 6.47. The van der Waals surface area contributed by atoms with Crippen LogP contribution in [-0.4, -0.2) is 22.4 Å². The van der Waals surface area contributed by atoms with Crippen LogP contribution < -0.4 is 0 Å². The molecular formula is C16H22N2O2. The molecule has 4 heteroatoms. The number of aromatic nitrogens is 2. The van der Waals surface area contributed by atoms with Crippen LogP contribution in [0, 0.1) is 20.8 Å². The van der Waals surface area contributed by atoms with Crippen molar-refractivity contribution in [3.63, 3.8) is 0 Å². The van der Waals surface area contributed by atoms with E-state index in [4.69, 9.17) is 4.74 Å². The molecule has 1 heterocycles. The van der Waals surface area contributed by atoms with Crippen LogP contribution in [0.2, 0.25) is 0 Å². The Bertz CT molecular complexity index is 553. The molecule has 0 N–H and O–H groups in total. The highest BCUT2D eigenvalue weighted by molar-refractivity contribution is 5.90. The van der Waals surface area contributed by atoms with E-state index in [1.807, 2.05) is 6.92 Å². The van der Waals surface area contributed by atoms with Crippen molar-refractivity contribution in [1.29, 1.82) is 0 Å². The van der Waals surface area contributed by atoms with E-state index in [1.165, 1.54) is 17.3 Å². The molecule has 0 aliphatic rings. The van der Waals surface area contributed by atoms with Gasteiger partial charge >= 0.3 is 5.97 Å². The highest BCUT2D eigenvalue weighted by atomic mass is 16.5. The van der Waals surface area contributed by atoms with Gasteiger partial charge in [-0.1, -0.05) is 24.3 Å². The summed E-state index contributed by atoms with van der Waals surface area (Å²) in [4.78, 5) is 11.2. The number of nitrogens with zero attached hydrogens (tertiary/aromatic N) is 2. The van der Waals surface area contributed by atoms with Gasteiger partial charge in [0, 0.05) is 12.7 Å². The molecule has 2 rings (SSSR count). The van der Waals surface area contributed by atoms with Gasteiger partial charge in [0.15, 0.2) is 0 Å². The molecule has 4 nitrogen and oxygen atoms in total. The fraction of sp³-hybridized carbons (Fsp3) is 0.375. The Labute approximate surface area is 120 Å². The molecule has 0 saturated heterocycles. The van der Waals surface area contributed by atoms with Crippen molar-refractivity contribution in [2.75, 3.05) is 6.61 Å². The molecule has 1 aromatic heterocycles. The Balaban J connectivity index is 0.000000217. The number of hydrogen-bond acceptors (Lipinski definition) is 3. The van der Waals surface area contributed by atoms with Gasteiger partial charge in [-0.05, 0) is 38.8 Å². The SMILES string of the molecule is CCOC(=O)c1cnn(C)c1C.Cc1ccccc1C. The van der Waals surface area contributed by atoms with Crippen molar-refractivity contribution in [2.45, 2.75) is 27.7 Å². The van der Waals surface area contributed by atoms with E-state index in [1.54, 1.807) is 18.7 Å². The Morgan fingerprint density at radius 1 is 1.20 bits per heavy atom. The van der Waals surface area contributed by atoms with Crippen LogP contribution in [-0.2, 0) is 11.8 Å². The molecule has 0 fully saturated rings. The predicted octanol–water partition coefficient (Wildman–Crippen LogP) is 3.21. The van der Waals surface area contributed by atoms with Crippen LogP contribution in [0.5, 0.6) is 0 Å². The summed E-state index contributed by atoms with van der Waals surface area (Å²) in [5, 5.41) is 3.94. The zero-order valence-corrected chi connectivity index (χ0v) is 12.8. The molecule has 0 radical (unpaired) electrons. The maximum absolute atomic E-state index is 11.2. The molecule has 0 amide bonds. The van der Waals surface area contributed by atoms with E-state index in [0.717, 1.165) is 5.69 Å².